The summed E-state index contributed by atoms with van der Waals surface area (Å²) in [5.41, 5.74) is 3.86. The zero-order chi connectivity index (χ0) is 19.4. The lowest BCUT2D eigenvalue weighted by molar-refractivity contribution is -0.129. The van der Waals surface area contributed by atoms with Crippen molar-refractivity contribution < 1.29 is 9.90 Å². The summed E-state index contributed by atoms with van der Waals surface area (Å²) in [6, 6.07) is 18.1. The Morgan fingerprint density at radius 2 is 1.93 bits per heavy atom. The lowest BCUT2D eigenvalue weighted by Gasteiger charge is -2.47. The van der Waals surface area contributed by atoms with Gasteiger partial charge in [0.25, 0.3) is 0 Å². The maximum atomic E-state index is 11.7. The molecular formula is C22H25N3O2. The van der Waals surface area contributed by atoms with Gasteiger partial charge in [0.1, 0.15) is 0 Å². The van der Waals surface area contributed by atoms with Crippen LogP contribution in [0.25, 0.3) is 11.1 Å². The second kappa shape index (κ2) is 8.34. The predicted molar refractivity (Wildman–Crippen MR) is 105 cm³/mol. The number of hydrogen-bond acceptors (Lipinski definition) is 4. The Balaban J connectivity index is 1.79. The van der Waals surface area contributed by atoms with E-state index in [1.807, 2.05) is 30.0 Å². The van der Waals surface area contributed by atoms with Gasteiger partial charge >= 0.3 is 0 Å². The summed E-state index contributed by atoms with van der Waals surface area (Å²) in [5, 5.41) is 22.1. The van der Waals surface area contributed by atoms with Crippen molar-refractivity contribution in [2.45, 2.75) is 31.8 Å². The second-order valence-corrected chi connectivity index (χ2v) is 6.96. The lowest BCUT2D eigenvalue weighted by Crippen LogP contribution is -2.65. The van der Waals surface area contributed by atoms with Crippen molar-refractivity contribution in [2.24, 2.45) is 0 Å². The van der Waals surface area contributed by atoms with E-state index >= 15 is 0 Å². The largest absolute Gasteiger partial charge is 0.395 e. The van der Waals surface area contributed by atoms with E-state index in [-0.39, 0.29) is 30.5 Å². The van der Waals surface area contributed by atoms with Crippen LogP contribution >= 0.6 is 0 Å². The summed E-state index contributed by atoms with van der Waals surface area (Å²) in [4.78, 5) is 13.5. The van der Waals surface area contributed by atoms with Gasteiger partial charge in [0, 0.05) is 38.0 Å². The first kappa shape index (κ1) is 19.1. The SMILES string of the molecule is CCN(C[C@@H]1N[C@@H](CO)[C@H]1c1ccc(-c2cccc(C#N)c2)cc1)C(C)=O. The molecule has 3 atom stereocenters. The fraction of sp³-hybridized carbons (Fsp3) is 0.364. The number of amides is 1. The maximum Gasteiger partial charge on any atom is 0.219 e. The number of hydrogen-bond donors (Lipinski definition) is 2. The number of benzene rings is 2. The molecule has 5 nitrogen and oxygen atoms in total. The maximum absolute atomic E-state index is 11.7. The monoisotopic (exact) mass is 363 g/mol. The van der Waals surface area contributed by atoms with Crippen LogP contribution in [0.5, 0.6) is 0 Å². The normalized spacial score (nSPS) is 21.2. The van der Waals surface area contributed by atoms with E-state index in [4.69, 9.17) is 5.26 Å². The molecule has 2 aromatic carbocycles. The third kappa shape index (κ3) is 4.02. The zero-order valence-corrected chi connectivity index (χ0v) is 15.7. The minimum atomic E-state index is 0.00781. The third-order valence-corrected chi connectivity index (χ3v) is 5.36. The van der Waals surface area contributed by atoms with Gasteiger partial charge in [-0.05, 0) is 35.7 Å². The number of rotatable bonds is 6. The summed E-state index contributed by atoms with van der Waals surface area (Å²) >= 11 is 0. The Kier molecular flexibility index (Phi) is 5.90. The van der Waals surface area contributed by atoms with Gasteiger partial charge in [-0.15, -0.1) is 0 Å². The molecule has 1 heterocycles. The number of nitrogens with one attached hydrogen (secondary N) is 1. The van der Waals surface area contributed by atoms with Crippen LogP contribution in [-0.2, 0) is 4.79 Å². The molecule has 1 aliphatic rings. The van der Waals surface area contributed by atoms with Crippen molar-refractivity contribution in [1.82, 2.24) is 10.2 Å². The fourth-order valence-electron chi connectivity index (χ4n) is 3.83. The van der Waals surface area contributed by atoms with Gasteiger partial charge in [-0.3, -0.25) is 4.79 Å². The summed E-state index contributed by atoms with van der Waals surface area (Å²) < 4.78 is 0. The molecule has 0 aliphatic carbocycles. The predicted octanol–water partition coefficient (Wildman–Crippen LogP) is 2.51. The lowest BCUT2D eigenvalue weighted by atomic mass is 9.77. The summed E-state index contributed by atoms with van der Waals surface area (Å²) in [6.45, 7) is 4.95. The highest BCUT2D eigenvalue weighted by atomic mass is 16.3. The van der Waals surface area contributed by atoms with Gasteiger partial charge < -0.3 is 15.3 Å². The van der Waals surface area contributed by atoms with Crippen LogP contribution in [0.15, 0.2) is 48.5 Å². The molecule has 1 fully saturated rings. The highest BCUT2D eigenvalue weighted by Gasteiger charge is 2.41. The second-order valence-electron chi connectivity index (χ2n) is 6.96. The topological polar surface area (TPSA) is 76.4 Å². The fourth-order valence-corrected chi connectivity index (χ4v) is 3.83. The van der Waals surface area contributed by atoms with Crippen molar-refractivity contribution in [1.29, 1.82) is 5.26 Å². The van der Waals surface area contributed by atoms with Crippen LogP contribution in [-0.4, -0.2) is 47.7 Å². The molecule has 0 bridgehead atoms. The standard InChI is InChI=1S/C22H25N3O2/c1-3-25(15(2)27)13-20-22(21(14-26)24-20)18-9-7-17(8-10-18)19-6-4-5-16(11-19)12-23/h4-11,20-22,24,26H,3,13-14H2,1-2H3/t20-,21-,22-/m0/s1. The molecule has 27 heavy (non-hydrogen) atoms. The molecule has 0 saturated carbocycles. The van der Waals surface area contributed by atoms with Gasteiger partial charge in [-0.2, -0.15) is 5.26 Å². The molecule has 0 aromatic heterocycles. The van der Waals surface area contributed by atoms with Gasteiger partial charge in [0.15, 0.2) is 0 Å². The molecule has 0 radical (unpaired) electrons. The Morgan fingerprint density at radius 1 is 1.19 bits per heavy atom. The van der Waals surface area contributed by atoms with E-state index < -0.39 is 0 Å². The molecule has 0 unspecified atom stereocenters. The van der Waals surface area contributed by atoms with Crippen molar-refractivity contribution in [2.75, 3.05) is 19.7 Å². The summed E-state index contributed by atoms with van der Waals surface area (Å²) in [6.07, 6.45) is 0. The minimum absolute atomic E-state index is 0.00781. The Hall–Kier alpha value is -2.68. The van der Waals surface area contributed by atoms with Gasteiger partial charge in [0.2, 0.25) is 5.91 Å². The number of nitriles is 1. The van der Waals surface area contributed by atoms with Crippen LogP contribution < -0.4 is 5.32 Å². The zero-order valence-electron chi connectivity index (χ0n) is 15.7. The Morgan fingerprint density at radius 3 is 2.52 bits per heavy atom. The first-order valence-corrected chi connectivity index (χ1v) is 9.30. The number of aliphatic hydroxyl groups excluding tert-OH is 1. The summed E-state index contributed by atoms with van der Waals surface area (Å²) in [7, 11) is 0. The van der Waals surface area contributed by atoms with Crippen molar-refractivity contribution >= 4 is 5.91 Å². The molecule has 2 N–H and O–H groups in total. The molecule has 2 aromatic rings. The first-order chi connectivity index (χ1) is 13.1. The first-order valence-electron chi connectivity index (χ1n) is 9.30. The number of likely N-dealkylation sites (N-methyl/N-ethyl adjacent to an activating group) is 1. The average Bonchev–Trinajstić information content (AvgIpc) is 2.68. The number of nitrogens with zero attached hydrogens (tertiary/aromatic N) is 2. The van der Waals surface area contributed by atoms with Crippen molar-refractivity contribution in [3.8, 4) is 17.2 Å². The van der Waals surface area contributed by atoms with E-state index in [1.165, 1.54) is 0 Å². The molecule has 3 rings (SSSR count). The molecule has 140 valence electrons. The van der Waals surface area contributed by atoms with E-state index in [2.05, 4.69) is 35.7 Å². The molecule has 1 aliphatic heterocycles. The molecular weight excluding hydrogens is 338 g/mol. The highest BCUT2D eigenvalue weighted by molar-refractivity contribution is 5.73. The number of aliphatic hydroxyl groups is 1. The van der Waals surface area contributed by atoms with E-state index in [0.717, 1.165) is 16.7 Å². The van der Waals surface area contributed by atoms with Crippen LogP contribution in [0.1, 0.15) is 30.9 Å². The molecule has 5 heteroatoms. The van der Waals surface area contributed by atoms with Gasteiger partial charge in [-0.25, -0.2) is 0 Å². The molecule has 1 amide bonds. The van der Waals surface area contributed by atoms with Crippen LogP contribution in [0.3, 0.4) is 0 Å². The van der Waals surface area contributed by atoms with Crippen molar-refractivity contribution in [3.63, 3.8) is 0 Å². The number of carbonyl (C=O) groups is 1. The average molecular weight is 363 g/mol. The number of carbonyl (C=O) groups excluding carboxylic acids is 1. The van der Waals surface area contributed by atoms with Crippen LogP contribution in [0.4, 0.5) is 0 Å². The van der Waals surface area contributed by atoms with Gasteiger partial charge in [-0.1, -0.05) is 36.4 Å². The molecule has 1 saturated heterocycles. The summed E-state index contributed by atoms with van der Waals surface area (Å²) in [5.74, 6) is 0.237. The van der Waals surface area contributed by atoms with Crippen LogP contribution in [0, 0.1) is 11.3 Å². The third-order valence-electron chi connectivity index (χ3n) is 5.36. The smallest absolute Gasteiger partial charge is 0.219 e. The quantitative estimate of drug-likeness (QED) is 0.827. The van der Waals surface area contributed by atoms with Crippen LogP contribution in [0.2, 0.25) is 0 Å². The highest BCUT2D eigenvalue weighted by Crippen LogP contribution is 2.34. The van der Waals surface area contributed by atoms with E-state index in [9.17, 15) is 9.90 Å². The van der Waals surface area contributed by atoms with Gasteiger partial charge in [0.05, 0.1) is 18.2 Å². The minimum Gasteiger partial charge on any atom is -0.395 e. The van der Waals surface area contributed by atoms with E-state index in [0.29, 0.717) is 18.7 Å². The van der Waals surface area contributed by atoms with Crippen molar-refractivity contribution in [3.05, 3.63) is 59.7 Å². The Labute approximate surface area is 160 Å². The van der Waals surface area contributed by atoms with E-state index in [1.54, 1.807) is 13.0 Å². The Bertz CT molecular complexity index is 841. The molecule has 0 spiro atoms.